The van der Waals surface area contributed by atoms with Crippen LogP contribution >= 0.6 is 0 Å². The second kappa shape index (κ2) is 7.47. The third-order valence-corrected chi connectivity index (χ3v) is 7.40. The van der Waals surface area contributed by atoms with Gasteiger partial charge in [0.15, 0.2) is 5.82 Å². The SMILES string of the molecule is Cc1ccc(C(=O)N2CC3CC34CC(Oc3ccc(C(F)(F)F)cn3)C24)c(-c2ncccc2F)n1. The van der Waals surface area contributed by atoms with Crippen molar-refractivity contribution < 1.29 is 27.1 Å². The summed E-state index contributed by atoms with van der Waals surface area (Å²) < 4.78 is 59.0. The number of carbonyl (C=O) groups is 1. The maximum absolute atomic E-state index is 14.5. The van der Waals surface area contributed by atoms with Gasteiger partial charge in [-0.15, -0.1) is 0 Å². The molecule has 10 heteroatoms. The van der Waals surface area contributed by atoms with Crippen LogP contribution in [-0.4, -0.2) is 44.4 Å². The lowest BCUT2D eigenvalue weighted by atomic mass is 9.73. The van der Waals surface area contributed by atoms with Crippen LogP contribution in [0.25, 0.3) is 11.4 Å². The maximum atomic E-state index is 14.5. The normalized spacial score (nSPS) is 26.5. The van der Waals surface area contributed by atoms with E-state index in [0.717, 1.165) is 18.7 Å². The molecule has 6 nitrogen and oxygen atoms in total. The number of piperidine rings is 1. The van der Waals surface area contributed by atoms with E-state index in [1.54, 1.807) is 24.0 Å². The zero-order valence-corrected chi connectivity index (χ0v) is 18.6. The summed E-state index contributed by atoms with van der Waals surface area (Å²) in [5.41, 5.74) is 0.193. The van der Waals surface area contributed by atoms with Gasteiger partial charge in [-0.2, -0.15) is 13.2 Å². The molecule has 0 bridgehead atoms. The summed E-state index contributed by atoms with van der Waals surface area (Å²) in [4.78, 5) is 27.8. The number of halogens is 4. The van der Waals surface area contributed by atoms with Gasteiger partial charge in [-0.05, 0) is 56.0 Å². The Kier molecular flexibility index (Phi) is 4.68. The fourth-order valence-corrected chi connectivity index (χ4v) is 5.65. The number of rotatable bonds is 4. The number of hydrogen-bond donors (Lipinski definition) is 0. The van der Waals surface area contributed by atoms with Crippen molar-refractivity contribution in [3.8, 4) is 17.3 Å². The van der Waals surface area contributed by atoms with Crippen molar-refractivity contribution in [2.45, 2.75) is 38.1 Å². The number of amides is 1. The number of pyridine rings is 3. The molecule has 4 heterocycles. The molecule has 0 N–H and O–H groups in total. The zero-order chi connectivity index (χ0) is 24.5. The molecule has 2 aliphatic carbocycles. The highest BCUT2D eigenvalue weighted by atomic mass is 19.4. The molecule has 1 spiro atoms. The van der Waals surface area contributed by atoms with Crippen LogP contribution in [0, 0.1) is 24.1 Å². The van der Waals surface area contributed by atoms with Crippen molar-refractivity contribution in [1.29, 1.82) is 0 Å². The van der Waals surface area contributed by atoms with Crippen molar-refractivity contribution >= 4 is 5.91 Å². The first-order valence-corrected chi connectivity index (χ1v) is 11.3. The summed E-state index contributed by atoms with van der Waals surface area (Å²) in [6.45, 7) is 2.30. The Hall–Kier alpha value is -3.56. The number of ether oxygens (including phenoxy) is 1. The van der Waals surface area contributed by atoms with Crippen LogP contribution in [0.3, 0.4) is 0 Å². The molecule has 1 aliphatic heterocycles. The number of aryl methyl sites for hydroxylation is 1. The molecular formula is C25H20F4N4O2. The molecule has 4 unspecified atom stereocenters. The molecule has 35 heavy (non-hydrogen) atoms. The lowest BCUT2D eigenvalue weighted by Crippen LogP contribution is -2.59. The maximum Gasteiger partial charge on any atom is 0.417 e. The largest absolute Gasteiger partial charge is 0.472 e. The number of alkyl halides is 3. The van der Waals surface area contributed by atoms with E-state index in [1.165, 1.54) is 24.4 Å². The fourth-order valence-electron chi connectivity index (χ4n) is 5.65. The second-order valence-corrected chi connectivity index (χ2v) is 9.46. The summed E-state index contributed by atoms with van der Waals surface area (Å²) in [5.74, 6) is -0.422. The minimum Gasteiger partial charge on any atom is -0.472 e. The van der Waals surface area contributed by atoms with E-state index in [1.807, 2.05) is 0 Å². The number of hydrogen-bond acceptors (Lipinski definition) is 5. The summed E-state index contributed by atoms with van der Waals surface area (Å²) >= 11 is 0. The average molecular weight is 484 g/mol. The highest BCUT2D eigenvalue weighted by Gasteiger charge is 2.76. The summed E-state index contributed by atoms with van der Waals surface area (Å²) in [6.07, 6.45) is -0.979. The Bertz CT molecular complexity index is 1330. The number of carbonyl (C=O) groups excluding carboxylic acids is 1. The molecule has 0 aromatic carbocycles. The average Bonchev–Trinajstić information content (AvgIpc) is 3.47. The smallest absolute Gasteiger partial charge is 0.417 e. The van der Waals surface area contributed by atoms with E-state index in [0.29, 0.717) is 24.6 Å². The van der Waals surface area contributed by atoms with Crippen LogP contribution in [-0.2, 0) is 6.18 Å². The van der Waals surface area contributed by atoms with Gasteiger partial charge in [0.1, 0.15) is 17.5 Å². The van der Waals surface area contributed by atoms with Crippen molar-refractivity contribution in [1.82, 2.24) is 19.9 Å². The number of nitrogens with zero attached hydrogens (tertiary/aromatic N) is 4. The van der Waals surface area contributed by atoms with Gasteiger partial charge in [0.2, 0.25) is 5.88 Å². The van der Waals surface area contributed by atoms with Gasteiger partial charge in [-0.1, -0.05) is 0 Å². The van der Waals surface area contributed by atoms with Crippen molar-refractivity contribution in [3.05, 3.63) is 71.4 Å². The van der Waals surface area contributed by atoms with Crippen LogP contribution in [0.2, 0.25) is 0 Å². The third-order valence-electron chi connectivity index (χ3n) is 7.40. The van der Waals surface area contributed by atoms with E-state index >= 15 is 0 Å². The summed E-state index contributed by atoms with van der Waals surface area (Å²) in [6, 6.07) is 7.98. The molecule has 3 aromatic rings. The second-order valence-electron chi connectivity index (χ2n) is 9.46. The first-order valence-electron chi connectivity index (χ1n) is 11.3. The minimum absolute atomic E-state index is 0.00832. The molecule has 3 aromatic heterocycles. The molecule has 3 aliphatic rings. The molecule has 0 radical (unpaired) electrons. The van der Waals surface area contributed by atoms with E-state index in [9.17, 15) is 22.4 Å². The van der Waals surface area contributed by atoms with Gasteiger partial charge in [0.05, 0.1) is 17.2 Å². The molecule has 6 rings (SSSR count). The van der Waals surface area contributed by atoms with Gasteiger partial charge in [0, 0.05) is 36.1 Å². The summed E-state index contributed by atoms with van der Waals surface area (Å²) in [5, 5.41) is 0. The quantitative estimate of drug-likeness (QED) is 0.503. The first kappa shape index (κ1) is 21.9. The van der Waals surface area contributed by atoms with Crippen LogP contribution in [0.4, 0.5) is 17.6 Å². The Morgan fingerprint density at radius 2 is 1.94 bits per heavy atom. The number of aromatic nitrogens is 3. The Labute approximate surface area is 198 Å². The van der Waals surface area contributed by atoms with E-state index < -0.39 is 17.6 Å². The lowest BCUT2D eigenvalue weighted by molar-refractivity contribution is -0.137. The van der Waals surface area contributed by atoms with Crippen molar-refractivity contribution in [3.63, 3.8) is 0 Å². The monoisotopic (exact) mass is 484 g/mol. The van der Waals surface area contributed by atoms with Crippen molar-refractivity contribution in [2.75, 3.05) is 6.54 Å². The minimum atomic E-state index is -4.48. The van der Waals surface area contributed by atoms with Gasteiger partial charge in [-0.3, -0.25) is 14.8 Å². The van der Waals surface area contributed by atoms with Crippen molar-refractivity contribution in [2.24, 2.45) is 11.3 Å². The predicted molar refractivity (Wildman–Crippen MR) is 116 cm³/mol. The van der Waals surface area contributed by atoms with Crippen LogP contribution in [0.15, 0.2) is 48.8 Å². The van der Waals surface area contributed by atoms with Gasteiger partial charge < -0.3 is 9.64 Å². The molecule has 3 fully saturated rings. The first-order chi connectivity index (χ1) is 16.7. The van der Waals surface area contributed by atoms with E-state index in [4.69, 9.17) is 4.74 Å². The molecular weight excluding hydrogens is 464 g/mol. The van der Waals surface area contributed by atoms with E-state index in [2.05, 4.69) is 15.0 Å². The molecule has 1 saturated heterocycles. The molecule has 2 saturated carbocycles. The van der Waals surface area contributed by atoms with Gasteiger partial charge in [-0.25, -0.2) is 9.37 Å². The van der Waals surface area contributed by atoms with Gasteiger partial charge in [0.25, 0.3) is 5.91 Å². The standard InChI is InChI=1S/C25H20F4N4O2/c1-13-4-6-16(20(32-13)21-17(26)3-2-8-30-21)23(34)33-12-15-9-24(15)10-18(22(24)33)35-19-7-5-14(11-31-19)25(27,28)29/h2-8,11,15,18,22H,9-10,12H2,1H3. The lowest BCUT2D eigenvalue weighted by Gasteiger charge is -2.47. The molecule has 1 amide bonds. The van der Waals surface area contributed by atoms with E-state index in [-0.39, 0.29) is 46.3 Å². The molecule has 4 atom stereocenters. The Morgan fingerprint density at radius 3 is 2.66 bits per heavy atom. The summed E-state index contributed by atoms with van der Waals surface area (Å²) in [7, 11) is 0. The Balaban J connectivity index is 1.27. The van der Waals surface area contributed by atoms with Gasteiger partial charge >= 0.3 is 6.18 Å². The third kappa shape index (κ3) is 3.45. The number of likely N-dealkylation sites (tertiary alicyclic amines) is 1. The predicted octanol–water partition coefficient (Wildman–Crippen LogP) is 4.69. The Morgan fingerprint density at radius 1 is 1.11 bits per heavy atom. The highest BCUT2D eigenvalue weighted by molar-refractivity contribution is 6.00. The molecule has 180 valence electrons. The van der Waals surface area contributed by atoms with Crippen LogP contribution in [0.5, 0.6) is 5.88 Å². The van der Waals surface area contributed by atoms with Crippen LogP contribution < -0.4 is 4.74 Å². The highest BCUT2D eigenvalue weighted by Crippen LogP contribution is 2.71. The zero-order valence-electron chi connectivity index (χ0n) is 18.6. The topological polar surface area (TPSA) is 68.2 Å². The fraction of sp³-hybridized carbons (Fsp3) is 0.360. The van der Waals surface area contributed by atoms with Crippen LogP contribution in [0.1, 0.15) is 34.5 Å².